The van der Waals surface area contributed by atoms with Crippen molar-refractivity contribution in [2.45, 2.75) is 26.0 Å². The number of aliphatic carboxylic acids is 1. The molecule has 124 valence electrons. The van der Waals surface area contributed by atoms with E-state index in [1.54, 1.807) is 17.0 Å². The fraction of sp³-hybridized carbons (Fsp3) is 0.222. The van der Waals surface area contributed by atoms with Gasteiger partial charge in [-0.05, 0) is 42.3 Å². The molecule has 1 atom stereocenters. The van der Waals surface area contributed by atoms with E-state index in [0.29, 0.717) is 23.0 Å². The molecule has 3 rings (SSSR count). The van der Waals surface area contributed by atoms with E-state index in [4.69, 9.17) is 21.4 Å². The van der Waals surface area contributed by atoms with Crippen LogP contribution in [0.4, 0.5) is 5.69 Å². The van der Waals surface area contributed by atoms with Crippen LogP contribution in [0.15, 0.2) is 42.5 Å². The number of halogens is 1. The van der Waals surface area contributed by atoms with Crippen molar-refractivity contribution in [3.8, 4) is 5.75 Å². The van der Waals surface area contributed by atoms with Crippen LogP contribution in [-0.2, 0) is 16.1 Å². The number of fused-ring (bicyclic) bond motifs is 1. The highest BCUT2D eigenvalue weighted by Gasteiger charge is 2.35. The number of carboxylic acid groups (broad SMARTS) is 1. The third-order valence-corrected chi connectivity index (χ3v) is 4.04. The Bertz CT molecular complexity index is 805. The van der Waals surface area contributed by atoms with Gasteiger partial charge in [0, 0.05) is 5.02 Å². The van der Waals surface area contributed by atoms with Crippen molar-refractivity contribution >= 4 is 29.2 Å². The second kappa shape index (κ2) is 6.53. The Kier molecular flexibility index (Phi) is 4.44. The molecule has 0 bridgehead atoms. The average Bonchev–Trinajstić information content (AvgIpc) is 2.51. The Balaban J connectivity index is 1.98. The van der Waals surface area contributed by atoms with Crippen molar-refractivity contribution in [3.63, 3.8) is 0 Å². The van der Waals surface area contributed by atoms with Crippen LogP contribution in [0.3, 0.4) is 0 Å². The first kappa shape index (κ1) is 16.3. The van der Waals surface area contributed by atoms with Gasteiger partial charge in [0.2, 0.25) is 0 Å². The lowest BCUT2D eigenvalue weighted by atomic mass is 10.1. The van der Waals surface area contributed by atoms with Gasteiger partial charge < -0.3 is 14.7 Å². The summed E-state index contributed by atoms with van der Waals surface area (Å²) in [6.07, 6.45) is -1.41. The van der Waals surface area contributed by atoms with Crippen LogP contribution in [0.5, 0.6) is 5.75 Å². The van der Waals surface area contributed by atoms with Gasteiger partial charge in [-0.2, -0.15) is 0 Å². The van der Waals surface area contributed by atoms with Crippen molar-refractivity contribution < 1.29 is 19.4 Å². The lowest BCUT2D eigenvalue weighted by molar-refractivity contribution is -0.142. The van der Waals surface area contributed by atoms with Crippen LogP contribution in [0.25, 0.3) is 0 Å². The molecule has 0 radical (unpaired) electrons. The number of benzene rings is 2. The van der Waals surface area contributed by atoms with E-state index in [1.807, 2.05) is 37.3 Å². The number of carbonyl (C=O) groups excluding carboxylic acids is 1. The summed E-state index contributed by atoms with van der Waals surface area (Å²) in [7, 11) is 0. The van der Waals surface area contributed by atoms with Gasteiger partial charge in [0.1, 0.15) is 5.75 Å². The average molecular weight is 346 g/mol. The molecule has 0 aliphatic carbocycles. The molecular formula is C18H16ClNO4. The Hall–Kier alpha value is -2.53. The fourth-order valence-corrected chi connectivity index (χ4v) is 2.92. The maximum absolute atomic E-state index is 12.7. The fourth-order valence-electron chi connectivity index (χ4n) is 2.70. The standard InChI is InChI=1S/C18H16ClNO4/c1-11-5-6-14-15(7-11)24-16(9-17(21)22)18(23)20(14)10-12-3-2-4-13(19)8-12/h2-8,16H,9-10H2,1H3,(H,21,22). The van der Waals surface area contributed by atoms with E-state index < -0.39 is 12.1 Å². The van der Waals surface area contributed by atoms with Gasteiger partial charge in [0.05, 0.1) is 18.7 Å². The quantitative estimate of drug-likeness (QED) is 0.922. The summed E-state index contributed by atoms with van der Waals surface area (Å²) in [4.78, 5) is 25.3. The summed E-state index contributed by atoms with van der Waals surface area (Å²) >= 11 is 6.01. The summed E-state index contributed by atoms with van der Waals surface area (Å²) in [5, 5.41) is 9.61. The van der Waals surface area contributed by atoms with Crippen molar-refractivity contribution in [2.24, 2.45) is 0 Å². The normalized spacial score (nSPS) is 16.5. The van der Waals surface area contributed by atoms with Crippen LogP contribution in [0.2, 0.25) is 5.02 Å². The number of carbonyl (C=O) groups is 2. The van der Waals surface area contributed by atoms with Gasteiger partial charge >= 0.3 is 5.97 Å². The van der Waals surface area contributed by atoms with Crippen LogP contribution < -0.4 is 9.64 Å². The second-order valence-electron chi connectivity index (χ2n) is 5.73. The molecule has 0 fully saturated rings. The maximum Gasteiger partial charge on any atom is 0.307 e. The molecule has 1 heterocycles. The number of carboxylic acids is 1. The number of nitrogens with zero attached hydrogens (tertiary/aromatic N) is 1. The number of amides is 1. The molecule has 0 saturated heterocycles. The highest BCUT2D eigenvalue weighted by molar-refractivity contribution is 6.30. The Morgan fingerprint density at radius 2 is 2.08 bits per heavy atom. The van der Waals surface area contributed by atoms with Crippen molar-refractivity contribution in [2.75, 3.05) is 4.90 Å². The molecule has 0 saturated carbocycles. The molecule has 5 nitrogen and oxygen atoms in total. The smallest absolute Gasteiger partial charge is 0.307 e. The van der Waals surface area contributed by atoms with E-state index in [0.717, 1.165) is 11.1 Å². The van der Waals surface area contributed by atoms with Crippen molar-refractivity contribution in [1.29, 1.82) is 0 Å². The molecule has 1 N–H and O–H groups in total. The maximum atomic E-state index is 12.7. The largest absolute Gasteiger partial charge is 0.481 e. The highest BCUT2D eigenvalue weighted by atomic mass is 35.5. The highest BCUT2D eigenvalue weighted by Crippen LogP contribution is 2.36. The van der Waals surface area contributed by atoms with E-state index >= 15 is 0 Å². The zero-order chi connectivity index (χ0) is 17.3. The SMILES string of the molecule is Cc1ccc2c(c1)OC(CC(=O)O)C(=O)N2Cc1cccc(Cl)c1. The predicted octanol–water partition coefficient (Wildman–Crippen LogP) is 3.42. The molecule has 1 aliphatic heterocycles. The number of hydrogen-bond acceptors (Lipinski definition) is 3. The topological polar surface area (TPSA) is 66.8 Å². The number of ether oxygens (including phenoxy) is 1. The van der Waals surface area contributed by atoms with Gasteiger partial charge in [-0.15, -0.1) is 0 Å². The summed E-state index contributed by atoms with van der Waals surface area (Å²) in [5.41, 5.74) is 2.46. The van der Waals surface area contributed by atoms with Crippen molar-refractivity contribution in [3.05, 3.63) is 58.6 Å². The molecular weight excluding hydrogens is 330 g/mol. The Labute approximate surface area is 144 Å². The summed E-state index contributed by atoms with van der Waals surface area (Å²) in [5.74, 6) is -0.927. The molecule has 1 unspecified atom stereocenters. The van der Waals surface area contributed by atoms with Crippen LogP contribution in [0, 0.1) is 6.92 Å². The zero-order valence-corrected chi connectivity index (χ0v) is 13.8. The van der Waals surface area contributed by atoms with E-state index in [1.165, 1.54) is 0 Å². The molecule has 24 heavy (non-hydrogen) atoms. The molecule has 2 aromatic carbocycles. The summed E-state index contributed by atoms with van der Waals surface area (Å²) in [6.45, 7) is 2.21. The molecule has 0 spiro atoms. The van der Waals surface area contributed by atoms with Gasteiger partial charge in [-0.1, -0.05) is 29.8 Å². The third-order valence-electron chi connectivity index (χ3n) is 3.81. The summed E-state index contributed by atoms with van der Waals surface area (Å²) in [6, 6.07) is 12.7. The first-order valence-electron chi connectivity index (χ1n) is 7.49. The van der Waals surface area contributed by atoms with Gasteiger partial charge in [0.25, 0.3) is 5.91 Å². The molecule has 2 aromatic rings. The predicted molar refractivity (Wildman–Crippen MR) is 90.5 cm³/mol. The lowest BCUT2D eigenvalue weighted by Gasteiger charge is -2.34. The number of hydrogen-bond donors (Lipinski definition) is 1. The Morgan fingerprint density at radius 1 is 1.29 bits per heavy atom. The first-order valence-corrected chi connectivity index (χ1v) is 7.87. The molecule has 1 amide bonds. The minimum Gasteiger partial charge on any atom is -0.481 e. The molecule has 0 aromatic heterocycles. The lowest BCUT2D eigenvalue weighted by Crippen LogP contribution is -2.46. The van der Waals surface area contributed by atoms with Gasteiger partial charge in [0.15, 0.2) is 6.10 Å². The van der Waals surface area contributed by atoms with Crippen LogP contribution >= 0.6 is 11.6 Å². The zero-order valence-electron chi connectivity index (χ0n) is 13.0. The van der Waals surface area contributed by atoms with Crippen LogP contribution in [-0.4, -0.2) is 23.1 Å². The van der Waals surface area contributed by atoms with Gasteiger partial charge in [-0.3, -0.25) is 9.59 Å². The van der Waals surface area contributed by atoms with E-state index in [9.17, 15) is 9.59 Å². The number of rotatable bonds is 4. The number of anilines is 1. The second-order valence-corrected chi connectivity index (χ2v) is 6.17. The van der Waals surface area contributed by atoms with E-state index in [2.05, 4.69) is 0 Å². The summed E-state index contributed by atoms with van der Waals surface area (Å²) < 4.78 is 5.63. The first-order chi connectivity index (χ1) is 11.4. The monoisotopic (exact) mass is 345 g/mol. The van der Waals surface area contributed by atoms with Gasteiger partial charge in [-0.25, -0.2) is 0 Å². The number of aryl methyl sites for hydroxylation is 1. The third kappa shape index (κ3) is 3.36. The molecule has 1 aliphatic rings. The van der Waals surface area contributed by atoms with Crippen molar-refractivity contribution in [1.82, 2.24) is 0 Å². The minimum absolute atomic E-state index is 0.301. The Morgan fingerprint density at radius 3 is 2.79 bits per heavy atom. The van der Waals surface area contributed by atoms with E-state index in [-0.39, 0.29) is 12.3 Å². The minimum atomic E-state index is -1.08. The molecule has 6 heteroatoms. The van der Waals surface area contributed by atoms with Crippen LogP contribution in [0.1, 0.15) is 17.5 Å².